The minimum absolute atomic E-state index is 0.153. The van der Waals surface area contributed by atoms with E-state index in [-0.39, 0.29) is 11.9 Å². The molecule has 3 heterocycles. The molecule has 2 atom stereocenters. The van der Waals surface area contributed by atoms with Crippen molar-refractivity contribution in [3.05, 3.63) is 54.1 Å². The van der Waals surface area contributed by atoms with Gasteiger partial charge in [0, 0.05) is 31.7 Å². The fourth-order valence-corrected chi connectivity index (χ4v) is 5.49. The summed E-state index contributed by atoms with van der Waals surface area (Å²) in [5.41, 5.74) is 0.893. The van der Waals surface area contributed by atoms with Gasteiger partial charge in [-0.1, -0.05) is 35.6 Å². The molecule has 1 aromatic heterocycles. The Morgan fingerprint density at radius 2 is 2.03 bits per heavy atom. The number of fused-ring (bicyclic) bond motifs is 3. The van der Waals surface area contributed by atoms with E-state index in [1.165, 1.54) is 5.56 Å². The average Bonchev–Trinajstić information content (AvgIpc) is 3.44. The van der Waals surface area contributed by atoms with Crippen LogP contribution in [0.3, 0.4) is 0 Å². The number of likely N-dealkylation sites (tertiary alicyclic amines) is 2. The van der Waals surface area contributed by atoms with Gasteiger partial charge in [-0.05, 0) is 56.5 Å². The minimum Gasteiger partial charge on any atom is -0.431 e. The quantitative estimate of drug-likeness (QED) is 0.637. The van der Waals surface area contributed by atoms with Crippen molar-refractivity contribution in [2.24, 2.45) is 0 Å². The molecule has 2 aromatic carbocycles. The van der Waals surface area contributed by atoms with E-state index in [9.17, 15) is 9.90 Å². The lowest BCUT2D eigenvalue weighted by Gasteiger charge is -2.36. The van der Waals surface area contributed by atoms with Crippen molar-refractivity contribution in [1.29, 1.82) is 0 Å². The summed E-state index contributed by atoms with van der Waals surface area (Å²) in [7, 11) is 0. The second-order valence-corrected chi connectivity index (χ2v) is 9.99. The Hall–Kier alpha value is -2.48. The molecule has 1 amide bonds. The monoisotopic (exact) mass is 437 g/mol. The van der Waals surface area contributed by atoms with Gasteiger partial charge in [0.15, 0.2) is 0 Å². The van der Waals surface area contributed by atoms with Gasteiger partial charge in [0.1, 0.15) is 11.4 Å². The number of hydrogen-bond donors (Lipinski definition) is 1. The summed E-state index contributed by atoms with van der Waals surface area (Å²) in [6.07, 6.45) is 1.93. The number of piperazine rings is 1. The van der Waals surface area contributed by atoms with Crippen LogP contribution in [0.15, 0.2) is 48.5 Å². The van der Waals surface area contributed by atoms with Gasteiger partial charge in [0.25, 0.3) is 11.1 Å². The fraction of sp³-hybridized carbons (Fsp3) is 0.417. The van der Waals surface area contributed by atoms with Gasteiger partial charge < -0.3 is 14.7 Å². The van der Waals surface area contributed by atoms with Gasteiger partial charge in [-0.3, -0.25) is 9.69 Å². The molecule has 6 nitrogen and oxygen atoms in total. The summed E-state index contributed by atoms with van der Waals surface area (Å²) >= 11 is 1.55. The first kappa shape index (κ1) is 20.4. The van der Waals surface area contributed by atoms with Crippen LogP contribution < -0.4 is 4.74 Å². The highest BCUT2D eigenvalue weighted by Crippen LogP contribution is 2.33. The zero-order valence-corrected chi connectivity index (χ0v) is 18.6. The number of para-hydroxylation sites is 1. The summed E-state index contributed by atoms with van der Waals surface area (Å²) in [4.78, 5) is 21.3. The Labute approximate surface area is 186 Å². The molecule has 0 radical (unpaired) electrons. The maximum absolute atomic E-state index is 12.4. The molecule has 5 rings (SSSR count). The number of hydrogen-bond acceptors (Lipinski definition) is 6. The molecule has 0 saturated carbocycles. The van der Waals surface area contributed by atoms with Crippen LogP contribution in [0.1, 0.15) is 25.8 Å². The Morgan fingerprint density at radius 1 is 1.19 bits per heavy atom. The molecule has 162 valence electrons. The van der Waals surface area contributed by atoms with Crippen LogP contribution >= 0.6 is 11.3 Å². The van der Waals surface area contributed by atoms with Crippen molar-refractivity contribution in [2.45, 2.75) is 44.4 Å². The Bertz CT molecular complexity index is 1070. The van der Waals surface area contributed by atoms with Gasteiger partial charge in [0.2, 0.25) is 0 Å². The first-order valence-electron chi connectivity index (χ1n) is 10.8. The Kier molecular flexibility index (Phi) is 5.20. The van der Waals surface area contributed by atoms with E-state index in [1.54, 1.807) is 25.2 Å². The smallest absolute Gasteiger partial charge is 0.279 e. The molecule has 7 heteroatoms. The maximum Gasteiger partial charge on any atom is 0.279 e. The molecular weight excluding hydrogens is 410 g/mol. The molecule has 0 spiro atoms. The third-order valence-electron chi connectivity index (χ3n) is 6.20. The van der Waals surface area contributed by atoms with E-state index >= 15 is 0 Å². The summed E-state index contributed by atoms with van der Waals surface area (Å²) in [5, 5.41) is 10.7. The number of carbonyl (C=O) groups excluding carboxylic acids is 1. The highest BCUT2D eigenvalue weighted by atomic mass is 32.1. The lowest BCUT2D eigenvalue weighted by molar-refractivity contribution is -0.150. The van der Waals surface area contributed by atoms with E-state index in [4.69, 9.17) is 4.74 Å². The fourth-order valence-electron chi connectivity index (χ4n) is 4.66. The predicted octanol–water partition coefficient (Wildman–Crippen LogP) is 3.69. The van der Waals surface area contributed by atoms with E-state index in [0.29, 0.717) is 17.8 Å². The van der Waals surface area contributed by atoms with Crippen molar-refractivity contribution < 1.29 is 14.6 Å². The molecule has 2 bridgehead atoms. The third kappa shape index (κ3) is 4.18. The molecule has 2 saturated heterocycles. The zero-order valence-electron chi connectivity index (χ0n) is 17.8. The number of carbonyl (C=O) groups is 1. The van der Waals surface area contributed by atoms with Crippen molar-refractivity contribution in [1.82, 2.24) is 14.8 Å². The summed E-state index contributed by atoms with van der Waals surface area (Å²) in [5.74, 6) is 0.654. The topological polar surface area (TPSA) is 65.9 Å². The maximum atomic E-state index is 12.4. The molecule has 3 aromatic rings. The second-order valence-electron chi connectivity index (χ2n) is 9.00. The number of nitrogens with zero attached hydrogens (tertiary/aromatic N) is 3. The molecule has 1 N–H and O–H groups in total. The molecule has 2 fully saturated rings. The largest absolute Gasteiger partial charge is 0.431 e. The van der Waals surface area contributed by atoms with E-state index in [1.807, 2.05) is 35.2 Å². The van der Waals surface area contributed by atoms with E-state index in [2.05, 4.69) is 28.1 Å². The van der Waals surface area contributed by atoms with Crippen LogP contribution in [0, 0.1) is 0 Å². The van der Waals surface area contributed by atoms with Gasteiger partial charge in [-0.15, -0.1) is 0 Å². The predicted molar refractivity (Wildman–Crippen MR) is 122 cm³/mol. The van der Waals surface area contributed by atoms with Crippen LogP contribution in [-0.2, 0) is 11.2 Å². The number of benzene rings is 2. The number of thiazole rings is 1. The van der Waals surface area contributed by atoms with E-state index < -0.39 is 5.60 Å². The molecule has 2 aliphatic rings. The standard InChI is InChI=1S/C24H27N3O3S/c1-24(2,29)22(28)27-15-17-13-18(27)14-26(17)11-10-16-6-5-7-19(12-16)30-23-25-20-8-3-4-9-21(20)31-23/h3-9,12,17-18,29H,10-11,13-15H2,1-2H3/t17-,18+/m1/s1. The van der Waals surface area contributed by atoms with Gasteiger partial charge in [0.05, 0.1) is 10.2 Å². The highest BCUT2D eigenvalue weighted by Gasteiger charge is 2.47. The molecule has 2 aliphatic heterocycles. The zero-order chi connectivity index (χ0) is 21.6. The molecular formula is C24H27N3O3S. The average molecular weight is 438 g/mol. The normalized spacial score (nSPS) is 21.2. The number of ether oxygens (including phenoxy) is 1. The van der Waals surface area contributed by atoms with Crippen molar-refractivity contribution >= 4 is 27.5 Å². The first-order valence-corrected chi connectivity index (χ1v) is 11.6. The SMILES string of the molecule is CC(C)(O)C(=O)N1C[C@H]2C[C@H]1CN2CCc1cccc(Oc2nc3ccccc3s2)c1. The minimum atomic E-state index is -1.29. The lowest BCUT2D eigenvalue weighted by Crippen LogP contribution is -2.54. The second kappa shape index (κ2) is 7.89. The Morgan fingerprint density at radius 3 is 2.77 bits per heavy atom. The molecule has 0 aliphatic carbocycles. The van der Waals surface area contributed by atoms with Gasteiger partial charge in [-0.25, -0.2) is 4.98 Å². The summed E-state index contributed by atoms with van der Waals surface area (Å²) < 4.78 is 7.14. The van der Waals surface area contributed by atoms with Crippen LogP contribution in [0.2, 0.25) is 0 Å². The van der Waals surface area contributed by atoms with Crippen LogP contribution in [0.4, 0.5) is 0 Å². The van der Waals surface area contributed by atoms with E-state index in [0.717, 1.165) is 41.9 Å². The molecule has 0 unspecified atom stereocenters. The summed E-state index contributed by atoms with van der Waals surface area (Å²) in [6, 6.07) is 16.9. The third-order valence-corrected chi connectivity index (χ3v) is 7.12. The number of amides is 1. The number of aromatic nitrogens is 1. The lowest BCUT2D eigenvalue weighted by atomic mass is 10.1. The van der Waals surface area contributed by atoms with Crippen LogP contribution in [0.5, 0.6) is 10.9 Å². The highest BCUT2D eigenvalue weighted by molar-refractivity contribution is 7.20. The summed E-state index contributed by atoms with van der Waals surface area (Å²) in [6.45, 7) is 5.70. The van der Waals surface area contributed by atoms with Crippen LogP contribution in [-0.4, -0.2) is 63.1 Å². The van der Waals surface area contributed by atoms with Crippen molar-refractivity contribution in [2.75, 3.05) is 19.6 Å². The van der Waals surface area contributed by atoms with Crippen molar-refractivity contribution in [3.8, 4) is 10.9 Å². The van der Waals surface area contributed by atoms with Crippen LogP contribution in [0.25, 0.3) is 10.2 Å². The number of rotatable bonds is 6. The molecule has 31 heavy (non-hydrogen) atoms. The first-order chi connectivity index (χ1) is 14.9. The van der Waals surface area contributed by atoms with Crippen molar-refractivity contribution in [3.63, 3.8) is 0 Å². The van der Waals surface area contributed by atoms with Gasteiger partial charge in [-0.2, -0.15) is 0 Å². The Balaban J connectivity index is 1.18. The number of aliphatic hydroxyl groups is 1. The van der Waals surface area contributed by atoms with Gasteiger partial charge >= 0.3 is 0 Å².